The number of rotatable bonds is 6. The zero-order valence-corrected chi connectivity index (χ0v) is 9.26. The molecule has 0 heterocycles. The van der Waals surface area contributed by atoms with Crippen LogP contribution in [0.3, 0.4) is 0 Å². The van der Waals surface area contributed by atoms with Gasteiger partial charge < -0.3 is 9.47 Å². The fourth-order valence-electron chi connectivity index (χ4n) is 1.03. The molecular formula is C10H14O4S. The van der Waals surface area contributed by atoms with Crippen LogP contribution in [0.2, 0.25) is 0 Å². The van der Waals surface area contributed by atoms with Crippen LogP contribution in [0.4, 0.5) is 0 Å². The monoisotopic (exact) mass is 230 g/mol. The zero-order chi connectivity index (χ0) is 10.7. The molecule has 0 aromatic heterocycles. The van der Waals surface area contributed by atoms with E-state index in [2.05, 4.69) is 0 Å². The number of hydrogen-bond donors (Lipinski definition) is 0. The number of carbonyl (C=O) groups excluding carboxylic acids is 2. The van der Waals surface area contributed by atoms with E-state index >= 15 is 0 Å². The largest absolute Gasteiger partial charge is 0.462 e. The van der Waals surface area contributed by atoms with Gasteiger partial charge in [0.05, 0.1) is 11.5 Å². The molecule has 0 aromatic rings. The molecule has 15 heavy (non-hydrogen) atoms. The highest BCUT2D eigenvalue weighted by Gasteiger charge is 2.27. The van der Waals surface area contributed by atoms with Crippen molar-refractivity contribution in [3.8, 4) is 0 Å². The molecule has 0 bridgehead atoms. The van der Waals surface area contributed by atoms with Gasteiger partial charge in [-0.1, -0.05) is 0 Å². The van der Waals surface area contributed by atoms with Gasteiger partial charge in [-0.3, -0.25) is 9.59 Å². The molecule has 0 unspecified atom stereocenters. The minimum atomic E-state index is -0.221. The highest BCUT2D eigenvalue weighted by Crippen LogP contribution is 2.25. The van der Waals surface area contributed by atoms with Gasteiger partial charge in [-0.2, -0.15) is 0 Å². The van der Waals surface area contributed by atoms with Crippen LogP contribution in [-0.2, 0) is 19.1 Å². The lowest BCUT2D eigenvalue weighted by molar-refractivity contribution is -0.141. The highest BCUT2D eigenvalue weighted by atomic mass is 32.2. The Morgan fingerprint density at radius 1 is 0.933 bits per heavy atom. The molecule has 0 radical (unpaired) electrons. The predicted octanol–water partition coefficient (Wildman–Crippen LogP) is 1.13. The topological polar surface area (TPSA) is 52.6 Å². The van der Waals surface area contributed by atoms with Gasteiger partial charge in [0.15, 0.2) is 0 Å². The van der Waals surface area contributed by atoms with Crippen molar-refractivity contribution >= 4 is 23.7 Å². The Kier molecular flexibility index (Phi) is 3.51. The van der Waals surface area contributed by atoms with E-state index < -0.39 is 0 Å². The Morgan fingerprint density at radius 3 is 1.67 bits per heavy atom. The molecule has 0 atom stereocenters. The number of carbonyl (C=O) groups is 2. The van der Waals surface area contributed by atoms with Crippen LogP contribution in [-0.4, -0.2) is 35.7 Å². The van der Waals surface area contributed by atoms with Crippen molar-refractivity contribution in [1.82, 2.24) is 0 Å². The summed E-state index contributed by atoms with van der Waals surface area (Å²) in [6, 6.07) is 0. The van der Waals surface area contributed by atoms with Gasteiger partial charge >= 0.3 is 11.9 Å². The fourth-order valence-corrected chi connectivity index (χ4v) is 1.60. The summed E-state index contributed by atoms with van der Waals surface area (Å²) >= 11 is 1.26. The van der Waals surface area contributed by atoms with E-state index in [1.807, 2.05) is 0 Å². The van der Waals surface area contributed by atoms with Crippen molar-refractivity contribution in [1.29, 1.82) is 0 Å². The Balaban J connectivity index is 1.48. The SMILES string of the molecule is O=C(CSCC(=O)OC1CC1)OC1CC1. The first kappa shape index (κ1) is 10.8. The average Bonchev–Trinajstić information content (AvgIpc) is 2.99. The minimum absolute atomic E-state index is 0.150. The first-order valence-corrected chi connectivity index (χ1v) is 6.36. The molecule has 2 fully saturated rings. The normalized spacial score (nSPS) is 19.7. The smallest absolute Gasteiger partial charge is 0.316 e. The Hall–Kier alpha value is -0.710. The second kappa shape index (κ2) is 4.88. The van der Waals surface area contributed by atoms with E-state index in [9.17, 15) is 9.59 Å². The lowest BCUT2D eigenvalue weighted by Gasteiger charge is -2.03. The third-order valence-corrected chi connectivity index (χ3v) is 2.96. The van der Waals surface area contributed by atoms with Crippen LogP contribution in [0.5, 0.6) is 0 Å². The molecule has 2 aliphatic rings. The summed E-state index contributed by atoms with van der Waals surface area (Å²) in [6.45, 7) is 0. The summed E-state index contributed by atoms with van der Waals surface area (Å²) in [6.07, 6.45) is 4.24. The van der Waals surface area contributed by atoms with Crippen molar-refractivity contribution in [2.24, 2.45) is 0 Å². The van der Waals surface area contributed by atoms with Crippen LogP contribution in [0.15, 0.2) is 0 Å². The molecule has 0 N–H and O–H groups in total. The van der Waals surface area contributed by atoms with E-state index in [4.69, 9.17) is 9.47 Å². The predicted molar refractivity (Wildman–Crippen MR) is 55.6 cm³/mol. The van der Waals surface area contributed by atoms with Crippen LogP contribution in [0.25, 0.3) is 0 Å². The van der Waals surface area contributed by atoms with Crippen LogP contribution in [0, 0.1) is 0 Å². The maximum Gasteiger partial charge on any atom is 0.316 e. The number of ether oxygens (including phenoxy) is 2. The van der Waals surface area contributed by atoms with Crippen LogP contribution < -0.4 is 0 Å². The maximum atomic E-state index is 11.1. The van der Waals surface area contributed by atoms with Crippen LogP contribution in [0.1, 0.15) is 25.7 Å². The van der Waals surface area contributed by atoms with Crippen molar-refractivity contribution in [3.05, 3.63) is 0 Å². The van der Waals surface area contributed by atoms with Crippen molar-refractivity contribution in [3.63, 3.8) is 0 Å². The summed E-state index contributed by atoms with van der Waals surface area (Å²) in [4.78, 5) is 22.2. The summed E-state index contributed by atoms with van der Waals surface area (Å²) in [5.74, 6) is 0.0513. The number of esters is 2. The Bertz CT molecular complexity index is 232. The van der Waals surface area contributed by atoms with Gasteiger partial charge in [0, 0.05) is 0 Å². The molecule has 0 spiro atoms. The van der Waals surface area contributed by atoms with Gasteiger partial charge in [0.1, 0.15) is 12.2 Å². The molecule has 0 saturated heterocycles. The van der Waals surface area contributed by atoms with Gasteiger partial charge in [-0.15, -0.1) is 11.8 Å². The van der Waals surface area contributed by atoms with Gasteiger partial charge in [0.25, 0.3) is 0 Å². The molecule has 4 nitrogen and oxygen atoms in total. The number of thioether (sulfide) groups is 1. The van der Waals surface area contributed by atoms with Crippen molar-refractivity contribution < 1.29 is 19.1 Å². The maximum absolute atomic E-state index is 11.1. The molecule has 2 rings (SSSR count). The average molecular weight is 230 g/mol. The Labute approximate surface area is 92.7 Å². The van der Waals surface area contributed by atoms with Crippen LogP contribution >= 0.6 is 11.8 Å². The molecule has 2 saturated carbocycles. The fraction of sp³-hybridized carbons (Fsp3) is 0.800. The van der Waals surface area contributed by atoms with Gasteiger partial charge in [0.2, 0.25) is 0 Å². The third kappa shape index (κ3) is 4.55. The van der Waals surface area contributed by atoms with Gasteiger partial charge in [-0.25, -0.2) is 0 Å². The standard InChI is InChI=1S/C10H14O4S/c11-9(13-7-1-2-7)5-15-6-10(12)14-8-3-4-8/h7-8H,1-6H2. The molecular weight excluding hydrogens is 216 g/mol. The molecule has 0 amide bonds. The minimum Gasteiger partial charge on any atom is -0.462 e. The summed E-state index contributed by atoms with van der Waals surface area (Å²) < 4.78 is 10.0. The van der Waals surface area contributed by atoms with E-state index in [0.717, 1.165) is 25.7 Å². The molecule has 2 aliphatic carbocycles. The Morgan fingerprint density at radius 2 is 1.33 bits per heavy atom. The third-order valence-electron chi connectivity index (χ3n) is 2.08. The molecule has 0 aromatic carbocycles. The van der Waals surface area contributed by atoms with E-state index in [0.29, 0.717) is 0 Å². The lowest BCUT2D eigenvalue weighted by Crippen LogP contribution is -2.13. The van der Waals surface area contributed by atoms with Crippen molar-refractivity contribution in [2.75, 3.05) is 11.5 Å². The molecule has 0 aliphatic heterocycles. The van der Waals surface area contributed by atoms with E-state index in [-0.39, 0.29) is 35.7 Å². The second-order valence-corrected chi connectivity index (χ2v) is 4.86. The van der Waals surface area contributed by atoms with Gasteiger partial charge in [-0.05, 0) is 25.7 Å². The zero-order valence-electron chi connectivity index (χ0n) is 8.44. The first-order chi connectivity index (χ1) is 7.24. The summed E-state index contributed by atoms with van der Waals surface area (Å²) in [5.41, 5.74) is 0. The highest BCUT2D eigenvalue weighted by molar-refractivity contribution is 8.00. The number of hydrogen-bond acceptors (Lipinski definition) is 5. The summed E-state index contributed by atoms with van der Waals surface area (Å²) in [7, 11) is 0. The molecule has 84 valence electrons. The summed E-state index contributed by atoms with van der Waals surface area (Å²) in [5, 5.41) is 0. The lowest BCUT2D eigenvalue weighted by atomic mass is 10.7. The van der Waals surface area contributed by atoms with Crippen molar-refractivity contribution in [2.45, 2.75) is 37.9 Å². The first-order valence-electron chi connectivity index (χ1n) is 5.21. The molecule has 5 heteroatoms. The van der Waals surface area contributed by atoms with E-state index in [1.165, 1.54) is 11.8 Å². The van der Waals surface area contributed by atoms with E-state index in [1.54, 1.807) is 0 Å². The quantitative estimate of drug-likeness (QED) is 0.640. The second-order valence-electron chi connectivity index (χ2n) is 3.87.